The van der Waals surface area contributed by atoms with Gasteiger partial charge in [-0.3, -0.25) is 0 Å². The molecule has 0 bridgehead atoms. The molecule has 1 heterocycles. The summed E-state index contributed by atoms with van der Waals surface area (Å²) in [5.74, 6) is 1.21. The number of halogens is 1. The van der Waals surface area contributed by atoms with Gasteiger partial charge in [0.05, 0.1) is 6.04 Å². The zero-order valence-electron chi connectivity index (χ0n) is 10.5. The monoisotopic (exact) mass is 357 g/mol. The summed E-state index contributed by atoms with van der Waals surface area (Å²) in [5, 5.41) is 11.5. The molecule has 4 nitrogen and oxygen atoms in total. The van der Waals surface area contributed by atoms with Gasteiger partial charge in [-0.05, 0) is 60.7 Å². The number of benzene rings is 1. The van der Waals surface area contributed by atoms with E-state index in [-0.39, 0.29) is 6.04 Å². The average molecular weight is 357 g/mol. The lowest BCUT2D eigenvalue weighted by atomic mass is 10.2. The minimum Gasteiger partial charge on any atom is -0.419 e. The second kappa shape index (κ2) is 6.29. The van der Waals surface area contributed by atoms with Gasteiger partial charge in [0.15, 0.2) is 0 Å². The lowest BCUT2D eigenvalue weighted by Crippen LogP contribution is -2.19. The van der Waals surface area contributed by atoms with Crippen LogP contribution in [-0.4, -0.2) is 16.7 Å². The van der Waals surface area contributed by atoms with Crippen LogP contribution in [0.2, 0.25) is 0 Å². The van der Waals surface area contributed by atoms with E-state index in [9.17, 15) is 0 Å². The molecule has 0 amide bonds. The topological polar surface area (TPSA) is 51.0 Å². The van der Waals surface area contributed by atoms with Crippen molar-refractivity contribution in [2.24, 2.45) is 0 Å². The molecule has 2 rings (SSSR count). The van der Waals surface area contributed by atoms with Crippen molar-refractivity contribution >= 4 is 22.6 Å². The number of nitrogens with zero attached hydrogens (tertiary/aromatic N) is 2. The summed E-state index contributed by atoms with van der Waals surface area (Å²) >= 11 is 2.27. The molecular formula is C13H16IN3O. The highest BCUT2D eigenvalue weighted by atomic mass is 127. The Morgan fingerprint density at radius 1 is 1.39 bits per heavy atom. The number of nitrogens with one attached hydrogen (secondary N) is 1. The van der Waals surface area contributed by atoms with E-state index in [0.29, 0.717) is 11.8 Å². The molecular weight excluding hydrogens is 341 g/mol. The van der Waals surface area contributed by atoms with Crippen LogP contribution in [0.15, 0.2) is 28.7 Å². The lowest BCUT2D eigenvalue weighted by molar-refractivity contribution is 0.423. The minimum absolute atomic E-state index is 0.0917. The molecule has 0 spiro atoms. The molecule has 0 aliphatic rings. The Hall–Kier alpha value is -0.950. The smallest absolute Gasteiger partial charge is 0.247 e. The number of aromatic nitrogens is 2. The van der Waals surface area contributed by atoms with Crippen LogP contribution in [0, 0.1) is 3.57 Å². The van der Waals surface area contributed by atoms with Gasteiger partial charge >= 0.3 is 0 Å². The van der Waals surface area contributed by atoms with Crippen molar-refractivity contribution in [1.29, 1.82) is 0 Å². The first-order valence-electron chi connectivity index (χ1n) is 6.03. The molecule has 1 atom stereocenters. The third kappa shape index (κ3) is 3.29. The maximum atomic E-state index is 5.70. The van der Waals surface area contributed by atoms with E-state index in [1.165, 1.54) is 0 Å². The molecule has 0 saturated heterocycles. The van der Waals surface area contributed by atoms with Gasteiger partial charge in [-0.2, -0.15) is 0 Å². The largest absolute Gasteiger partial charge is 0.419 e. The van der Waals surface area contributed by atoms with E-state index < -0.39 is 0 Å². The molecule has 0 aliphatic heterocycles. The fourth-order valence-corrected chi connectivity index (χ4v) is 2.14. The highest BCUT2D eigenvalue weighted by Gasteiger charge is 2.14. The highest BCUT2D eigenvalue weighted by Crippen LogP contribution is 2.22. The SMILES string of the molecule is CCCNC(C)c1nnc(-c2cccc(I)c2)o1. The second-order valence-corrected chi connectivity index (χ2v) is 5.38. The van der Waals surface area contributed by atoms with Crippen LogP contribution in [0.25, 0.3) is 11.5 Å². The molecule has 96 valence electrons. The maximum absolute atomic E-state index is 5.70. The Morgan fingerprint density at radius 2 is 2.22 bits per heavy atom. The van der Waals surface area contributed by atoms with Gasteiger partial charge in [-0.1, -0.05) is 13.0 Å². The predicted octanol–water partition coefficient (Wildman–Crippen LogP) is 3.40. The highest BCUT2D eigenvalue weighted by molar-refractivity contribution is 14.1. The predicted molar refractivity (Wildman–Crippen MR) is 79.2 cm³/mol. The lowest BCUT2D eigenvalue weighted by Gasteiger charge is -2.07. The van der Waals surface area contributed by atoms with Crippen LogP contribution in [0.3, 0.4) is 0 Å². The van der Waals surface area contributed by atoms with Crippen molar-refractivity contribution in [3.63, 3.8) is 0 Å². The maximum Gasteiger partial charge on any atom is 0.247 e. The first-order chi connectivity index (χ1) is 8.70. The molecule has 0 radical (unpaired) electrons. The van der Waals surface area contributed by atoms with Crippen molar-refractivity contribution in [3.8, 4) is 11.5 Å². The van der Waals surface area contributed by atoms with Crippen LogP contribution in [0.4, 0.5) is 0 Å². The summed E-state index contributed by atoms with van der Waals surface area (Å²) in [4.78, 5) is 0. The Bertz CT molecular complexity index is 512. The van der Waals surface area contributed by atoms with Crippen molar-refractivity contribution in [2.75, 3.05) is 6.54 Å². The van der Waals surface area contributed by atoms with E-state index in [4.69, 9.17) is 4.42 Å². The van der Waals surface area contributed by atoms with E-state index in [0.717, 1.165) is 22.1 Å². The molecule has 5 heteroatoms. The Morgan fingerprint density at radius 3 is 2.94 bits per heavy atom. The zero-order chi connectivity index (χ0) is 13.0. The summed E-state index contributed by atoms with van der Waals surface area (Å²) in [6.07, 6.45) is 1.09. The van der Waals surface area contributed by atoms with Crippen LogP contribution < -0.4 is 5.32 Å². The fourth-order valence-electron chi connectivity index (χ4n) is 1.60. The van der Waals surface area contributed by atoms with E-state index in [1.807, 2.05) is 31.2 Å². The summed E-state index contributed by atoms with van der Waals surface area (Å²) in [6, 6.07) is 8.12. The quantitative estimate of drug-likeness (QED) is 0.834. The third-order valence-electron chi connectivity index (χ3n) is 2.58. The summed E-state index contributed by atoms with van der Waals surface area (Å²) in [7, 11) is 0. The standard InChI is InChI=1S/C13H16IN3O/c1-3-7-15-9(2)12-16-17-13(18-12)10-5-4-6-11(14)8-10/h4-6,8-9,15H,3,7H2,1-2H3. The van der Waals surface area contributed by atoms with Gasteiger partial charge in [-0.25, -0.2) is 0 Å². The normalized spacial score (nSPS) is 12.6. The van der Waals surface area contributed by atoms with Crippen molar-refractivity contribution in [2.45, 2.75) is 26.3 Å². The van der Waals surface area contributed by atoms with E-state index >= 15 is 0 Å². The molecule has 1 aromatic heterocycles. The first-order valence-corrected chi connectivity index (χ1v) is 7.11. The van der Waals surface area contributed by atoms with Gasteiger partial charge in [0.25, 0.3) is 0 Å². The second-order valence-electron chi connectivity index (χ2n) is 4.13. The number of hydrogen-bond acceptors (Lipinski definition) is 4. The average Bonchev–Trinajstić information content (AvgIpc) is 2.85. The first kappa shape index (κ1) is 13.5. The van der Waals surface area contributed by atoms with Gasteiger partial charge < -0.3 is 9.73 Å². The van der Waals surface area contributed by atoms with E-state index in [1.54, 1.807) is 0 Å². The van der Waals surface area contributed by atoms with Gasteiger partial charge in [0.1, 0.15) is 0 Å². The molecule has 18 heavy (non-hydrogen) atoms. The van der Waals surface area contributed by atoms with Gasteiger partial charge in [0, 0.05) is 9.13 Å². The summed E-state index contributed by atoms with van der Waals surface area (Å²) < 4.78 is 6.85. The Balaban J connectivity index is 2.15. The zero-order valence-corrected chi connectivity index (χ0v) is 12.6. The van der Waals surface area contributed by atoms with Crippen LogP contribution in [0.1, 0.15) is 32.2 Å². The molecule has 0 saturated carbocycles. The summed E-state index contributed by atoms with van der Waals surface area (Å²) in [5.41, 5.74) is 0.961. The fraction of sp³-hybridized carbons (Fsp3) is 0.385. The van der Waals surface area contributed by atoms with Crippen LogP contribution >= 0.6 is 22.6 Å². The minimum atomic E-state index is 0.0917. The molecule has 1 N–H and O–H groups in total. The van der Waals surface area contributed by atoms with Gasteiger partial charge in [0.2, 0.25) is 11.8 Å². The number of hydrogen-bond donors (Lipinski definition) is 1. The molecule has 0 aliphatic carbocycles. The Kier molecular flexibility index (Phi) is 4.71. The molecule has 1 unspecified atom stereocenters. The Labute approximate surface area is 120 Å². The number of rotatable bonds is 5. The van der Waals surface area contributed by atoms with Crippen LogP contribution in [0.5, 0.6) is 0 Å². The van der Waals surface area contributed by atoms with E-state index in [2.05, 4.69) is 45.0 Å². The van der Waals surface area contributed by atoms with Crippen molar-refractivity contribution in [3.05, 3.63) is 33.7 Å². The van der Waals surface area contributed by atoms with Crippen molar-refractivity contribution < 1.29 is 4.42 Å². The third-order valence-corrected chi connectivity index (χ3v) is 3.25. The van der Waals surface area contributed by atoms with Crippen molar-refractivity contribution in [1.82, 2.24) is 15.5 Å². The summed E-state index contributed by atoms with van der Waals surface area (Å²) in [6.45, 7) is 5.11. The molecule has 1 aromatic carbocycles. The van der Waals surface area contributed by atoms with Gasteiger partial charge in [-0.15, -0.1) is 10.2 Å². The molecule has 2 aromatic rings. The molecule has 0 fully saturated rings. The van der Waals surface area contributed by atoms with Crippen LogP contribution in [-0.2, 0) is 0 Å².